The SMILES string of the molecule is [2H]C([2H])([2H])c1c[c-]c(-c2ccc(C([2H])([2H])C(C)(C)C)cn2)cc1-c1ccccc1.[2H]C([2H])([2H])c1cc(-c2cc(-c3[c-]ccc4c3oc3c(C([2H])([2H])[2H])cccc34)ncc2C([2H])([2H])[2H])c(C([2H])([2H])[2H])cc1-c1ccc(C([2H])([2H])C(C)(C)C)cc1.[Ir]. The van der Waals surface area contributed by atoms with E-state index in [9.17, 15) is 0 Å². The van der Waals surface area contributed by atoms with Crippen molar-refractivity contribution in [1.82, 2.24) is 9.97 Å². The number of nitrogens with zero attached hydrogens (tertiary/aromatic N) is 2. The molecule has 9 aromatic rings. The Bertz CT molecular complexity index is 3840. The number of hydrogen-bond donors (Lipinski definition) is 0. The van der Waals surface area contributed by atoms with Crippen molar-refractivity contribution >= 4 is 21.9 Å². The molecule has 3 aromatic heterocycles. The van der Waals surface area contributed by atoms with Gasteiger partial charge in [-0.25, -0.2) is 0 Å². The van der Waals surface area contributed by atoms with Crippen molar-refractivity contribution in [3.63, 3.8) is 0 Å². The van der Waals surface area contributed by atoms with Crippen molar-refractivity contribution in [2.45, 2.75) is 88.5 Å². The molecule has 0 saturated carbocycles. The average Bonchev–Trinajstić information content (AvgIpc) is 1.60. The first kappa shape index (κ1) is 28.2. The Balaban J connectivity index is 0.000000285. The summed E-state index contributed by atoms with van der Waals surface area (Å²) in [7, 11) is 0. The van der Waals surface area contributed by atoms with E-state index in [2.05, 4.69) is 22.1 Å². The summed E-state index contributed by atoms with van der Waals surface area (Å²) >= 11 is 0. The third-order valence-electron chi connectivity index (χ3n) is 10.4. The Labute approximate surface area is 427 Å². The molecule has 331 valence electrons. The molecule has 0 amide bonds. The zero-order valence-corrected chi connectivity index (χ0v) is 39.3. The molecule has 0 bridgehead atoms. The number of hydrogen-bond acceptors (Lipinski definition) is 3. The Kier molecular flexibility index (Phi) is 8.35. The number of benzene rings is 6. The fourth-order valence-corrected chi connectivity index (χ4v) is 7.55. The summed E-state index contributed by atoms with van der Waals surface area (Å²) in [6.45, 7) is -2.33. The summed E-state index contributed by atoms with van der Waals surface area (Å²) in [6.07, 6.45) is -0.621. The van der Waals surface area contributed by atoms with E-state index >= 15 is 0 Å². The minimum absolute atomic E-state index is 0. The van der Waals surface area contributed by atoms with Gasteiger partial charge in [-0.1, -0.05) is 168 Å². The smallest absolute Gasteiger partial charge is 0.123 e. The first-order valence-corrected chi connectivity index (χ1v) is 20.9. The summed E-state index contributed by atoms with van der Waals surface area (Å²) in [5, 5.41) is 1.07. The van der Waals surface area contributed by atoms with Crippen molar-refractivity contribution in [3.05, 3.63) is 191 Å². The van der Waals surface area contributed by atoms with Gasteiger partial charge >= 0.3 is 0 Å². The van der Waals surface area contributed by atoms with Crippen molar-refractivity contribution in [2.75, 3.05) is 0 Å². The molecule has 3 nitrogen and oxygen atoms in total. The van der Waals surface area contributed by atoms with Gasteiger partial charge in [0, 0.05) is 63.9 Å². The normalized spacial score (nSPS) is 17.4. The van der Waals surface area contributed by atoms with Crippen LogP contribution in [-0.4, -0.2) is 9.97 Å². The van der Waals surface area contributed by atoms with Crippen LogP contribution < -0.4 is 0 Å². The predicted molar refractivity (Wildman–Crippen MR) is 271 cm³/mol. The van der Waals surface area contributed by atoms with E-state index < -0.39 is 57.8 Å². The van der Waals surface area contributed by atoms with Crippen LogP contribution in [0.2, 0.25) is 0 Å². The molecule has 9 rings (SSSR count). The van der Waals surface area contributed by atoms with Gasteiger partial charge in [0.05, 0.1) is 5.58 Å². The second-order valence-corrected chi connectivity index (χ2v) is 17.7. The van der Waals surface area contributed by atoms with Crippen LogP contribution >= 0.6 is 0 Å². The number of aromatic nitrogens is 2. The van der Waals surface area contributed by atoms with Gasteiger partial charge in [-0.05, 0) is 124 Å². The molecule has 3 heterocycles. The molecule has 0 N–H and O–H groups in total. The second kappa shape index (κ2) is 19.3. The summed E-state index contributed by atoms with van der Waals surface area (Å²) < 4.78 is 164. The maximum absolute atomic E-state index is 8.65. The topological polar surface area (TPSA) is 38.9 Å². The molecule has 0 aliphatic carbocycles. The molecule has 1 radical (unpaired) electrons. The quantitative estimate of drug-likeness (QED) is 0.149. The average molecular weight is 1050 g/mol. The number of furan rings is 1. The van der Waals surface area contributed by atoms with Gasteiger partial charge in [0.2, 0.25) is 0 Å². The van der Waals surface area contributed by atoms with E-state index in [0.29, 0.717) is 44.3 Å². The monoisotopic (exact) mass is 1050 g/mol. The molecule has 0 unspecified atom stereocenters. The summed E-state index contributed by atoms with van der Waals surface area (Å²) in [4.78, 5) is 8.87. The van der Waals surface area contributed by atoms with Crippen LogP contribution in [0.5, 0.6) is 0 Å². The molecule has 0 aliphatic rings. The third kappa shape index (κ3) is 10.8. The van der Waals surface area contributed by atoms with E-state index in [-0.39, 0.29) is 87.0 Å². The Morgan fingerprint density at radius 3 is 1.83 bits per heavy atom. The number of para-hydroxylation sites is 1. The molecule has 0 fully saturated rings. The minimum atomic E-state index is -2.85. The Morgan fingerprint density at radius 1 is 0.523 bits per heavy atom. The molecule has 0 spiro atoms. The van der Waals surface area contributed by atoms with Gasteiger partial charge in [0.25, 0.3) is 0 Å². The van der Waals surface area contributed by atoms with Crippen molar-refractivity contribution in [2.24, 2.45) is 10.8 Å². The molecule has 6 aromatic carbocycles. The van der Waals surface area contributed by atoms with Gasteiger partial charge in [-0.3, -0.25) is 0 Å². The summed E-state index contributed by atoms with van der Waals surface area (Å²) in [6, 6.07) is 40.3. The summed E-state index contributed by atoms with van der Waals surface area (Å²) in [5.74, 6) is 0. The van der Waals surface area contributed by atoms with Gasteiger partial charge in [-0.15, -0.1) is 47.5 Å². The number of aryl methyl sites for hydroxylation is 5. The van der Waals surface area contributed by atoms with E-state index in [0.717, 1.165) is 11.8 Å². The zero-order chi connectivity index (χ0) is 61.4. The molecule has 0 saturated heterocycles. The number of rotatable bonds is 7. The summed E-state index contributed by atoms with van der Waals surface area (Å²) in [5.41, 5.74) is 2.52. The molecular weight excluding hydrogens is 969 g/mol. The van der Waals surface area contributed by atoms with Crippen LogP contribution in [0.4, 0.5) is 0 Å². The third-order valence-corrected chi connectivity index (χ3v) is 10.4. The molecule has 65 heavy (non-hydrogen) atoms. The van der Waals surface area contributed by atoms with Gasteiger partial charge < -0.3 is 14.4 Å². The van der Waals surface area contributed by atoms with Gasteiger partial charge in [0.15, 0.2) is 0 Å². The fraction of sp³-hybridized carbons (Fsp3) is 0.246. The number of pyridine rings is 2. The molecule has 0 atom stereocenters. The maximum atomic E-state index is 8.65. The second-order valence-electron chi connectivity index (χ2n) is 17.7. The van der Waals surface area contributed by atoms with Crippen molar-refractivity contribution in [3.8, 4) is 55.9 Å². The maximum Gasteiger partial charge on any atom is 0.123 e. The Morgan fingerprint density at radius 2 is 1.14 bits per heavy atom. The first-order valence-electron chi connectivity index (χ1n) is 30.4. The van der Waals surface area contributed by atoms with E-state index in [4.69, 9.17) is 30.5 Å². The largest absolute Gasteiger partial charge is 0.500 e. The first-order chi connectivity index (χ1) is 38.1. The van der Waals surface area contributed by atoms with Crippen LogP contribution in [0.1, 0.15) is 107 Å². The number of fused-ring (bicyclic) bond motifs is 3. The van der Waals surface area contributed by atoms with Crippen molar-refractivity contribution < 1.29 is 50.6 Å². The zero-order valence-electron chi connectivity index (χ0n) is 55.9. The fourth-order valence-electron chi connectivity index (χ4n) is 7.55. The van der Waals surface area contributed by atoms with E-state index in [1.807, 2.05) is 51.1 Å². The van der Waals surface area contributed by atoms with E-state index in [1.54, 1.807) is 93.7 Å². The predicted octanol–water partition coefficient (Wildman–Crippen LogP) is 16.7. The van der Waals surface area contributed by atoms with Crippen LogP contribution in [0, 0.1) is 57.2 Å². The van der Waals surface area contributed by atoms with Gasteiger partial charge in [0.1, 0.15) is 5.58 Å². The van der Waals surface area contributed by atoms with Gasteiger partial charge in [-0.2, -0.15) is 0 Å². The molecular formula is C61H60IrN2O-2. The van der Waals surface area contributed by atoms with Crippen LogP contribution in [-0.2, 0) is 32.9 Å². The van der Waals surface area contributed by atoms with Crippen LogP contribution in [0.3, 0.4) is 0 Å². The molecule has 0 aliphatic heterocycles. The van der Waals surface area contributed by atoms with Crippen LogP contribution in [0.25, 0.3) is 77.8 Å². The molecule has 4 heteroatoms. The Hall–Kier alpha value is -5.93. The standard InChI is InChI=1S/C38H36NO.C23H24N.Ir/c1-23-10-8-11-29-30-12-9-13-31(37(30)40-36(23)29)35-20-34(26(4)22-39-35)33-19-24(2)32(18-25(33)3)28-16-14-27(15-17-28)21-38(5,6)7;1-17-10-12-20(14-21(17)19-8-6-5-7-9-19)22-13-11-18(16-24-22)15-23(2,3)4;/h8-12,14-20,22H,21H2,1-7H3;5-11,13-14,16H,15H2,1-4H3;/q2*-1;/i1D3,2D3,3D3,4D3,21D2;1D3,15D2;. The van der Waals surface area contributed by atoms with E-state index in [1.165, 1.54) is 30.3 Å². The van der Waals surface area contributed by atoms with Crippen molar-refractivity contribution in [1.29, 1.82) is 0 Å². The van der Waals surface area contributed by atoms with Crippen LogP contribution in [0.15, 0.2) is 144 Å². The minimum Gasteiger partial charge on any atom is -0.500 e.